The van der Waals surface area contributed by atoms with Crippen molar-refractivity contribution in [3.05, 3.63) is 35.4 Å². The van der Waals surface area contributed by atoms with Crippen LogP contribution in [0, 0.1) is 0 Å². The number of ether oxygens (including phenoxy) is 6. The van der Waals surface area contributed by atoms with Crippen LogP contribution in [0.25, 0.3) is 0 Å². The molecule has 0 saturated carbocycles. The van der Waals surface area contributed by atoms with Crippen LogP contribution in [0.4, 0.5) is 0 Å². The van der Waals surface area contributed by atoms with E-state index in [9.17, 15) is 9.59 Å². The molecular formula is C28H38N2O8. The van der Waals surface area contributed by atoms with Crippen molar-refractivity contribution >= 4 is 11.6 Å². The van der Waals surface area contributed by atoms with Gasteiger partial charge in [-0.25, -0.2) is 0 Å². The van der Waals surface area contributed by atoms with Crippen LogP contribution < -0.4 is 28.4 Å². The van der Waals surface area contributed by atoms with Gasteiger partial charge in [-0.2, -0.15) is 0 Å². The highest BCUT2D eigenvalue weighted by molar-refractivity contribution is 5.98. The van der Waals surface area contributed by atoms with E-state index in [-0.39, 0.29) is 11.6 Å². The number of ketones is 2. The van der Waals surface area contributed by atoms with E-state index in [4.69, 9.17) is 28.4 Å². The molecule has 0 aromatic heterocycles. The topological polar surface area (TPSA) is 96.0 Å². The second kappa shape index (κ2) is 13.9. The Morgan fingerprint density at radius 2 is 0.842 bits per heavy atom. The van der Waals surface area contributed by atoms with E-state index in [1.54, 1.807) is 24.3 Å². The summed E-state index contributed by atoms with van der Waals surface area (Å²) in [5.74, 6) is 2.81. The van der Waals surface area contributed by atoms with E-state index in [0.29, 0.717) is 71.6 Å². The van der Waals surface area contributed by atoms with Crippen LogP contribution in [0.15, 0.2) is 24.3 Å². The highest BCUT2D eigenvalue weighted by Gasteiger charge is 2.22. The van der Waals surface area contributed by atoms with Gasteiger partial charge in [0.2, 0.25) is 11.5 Å². The van der Waals surface area contributed by atoms with Gasteiger partial charge in [0.15, 0.2) is 34.6 Å². The Morgan fingerprint density at radius 1 is 0.553 bits per heavy atom. The van der Waals surface area contributed by atoms with Gasteiger partial charge in [-0.05, 0) is 24.3 Å². The molecule has 10 heteroatoms. The maximum Gasteiger partial charge on any atom is 0.203 e. The largest absolute Gasteiger partial charge is 0.493 e. The van der Waals surface area contributed by atoms with E-state index >= 15 is 0 Å². The van der Waals surface area contributed by atoms with Gasteiger partial charge in [0.1, 0.15) is 0 Å². The zero-order valence-electron chi connectivity index (χ0n) is 23.1. The number of carbonyl (C=O) groups excluding carboxylic acids is 2. The fraction of sp³-hybridized carbons (Fsp3) is 0.500. The van der Waals surface area contributed by atoms with Crippen molar-refractivity contribution in [2.75, 3.05) is 81.9 Å². The fourth-order valence-corrected chi connectivity index (χ4v) is 4.53. The van der Waals surface area contributed by atoms with Crippen molar-refractivity contribution in [2.45, 2.75) is 12.8 Å². The lowest BCUT2D eigenvalue weighted by atomic mass is 10.1. The van der Waals surface area contributed by atoms with Gasteiger partial charge >= 0.3 is 0 Å². The molecule has 0 aliphatic carbocycles. The standard InChI is InChI=1S/C28H38N2O8/c1-33-23-15-19(16-24(34-2)27(23)37-5)21(31)7-9-29-11-13-30(14-12-29)10-8-22(32)20-17-25(35-3)28(38-6)26(18-20)36-4/h15-18H,7-14H2,1-6H3. The summed E-state index contributed by atoms with van der Waals surface area (Å²) in [5, 5.41) is 0. The van der Waals surface area contributed by atoms with Crippen LogP contribution in [0.1, 0.15) is 33.6 Å². The first kappa shape index (κ1) is 29.1. The summed E-state index contributed by atoms with van der Waals surface area (Å²) < 4.78 is 32.1. The molecule has 0 amide bonds. The van der Waals surface area contributed by atoms with Gasteiger partial charge in [-0.15, -0.1) is 0 Å². The molecule has 0 unspecified atom stereocenters. The van der Waals surface area contributed by atoms with Gasteiger partial charge < -0.3 is 38.2 Å². The molecule has 0 N–H and O–H groups in total. The highest BCUT2D eigenvalue weighted by atomic mass is 16.5. The van der Waals surface area contributed by atoms with E-state index in [1.165, 1.54) is 42.7 Å². The van der Waals surface area contributed by atoms with Gasteiger partial charge in [-0.3, -0.25) is 9.59 Å². The van der Waals surface area contributed by atoms with Crippen LogP contribution >= 0.6 is 0 Å². The first-order valence-corrected chi connectivity index (χ1v) is 12.5. The number of hydrogen-bond acceptors (Lipinski definition) is 10. The fourth-order valence-electron chi connectivity index (χ4n) is 4.53. The van der Waals surface area contributed by atoms with Crippen molar-refractivity contribution in [2.24, 2.45) is 0 Å². The maximum absolute atomic E-state index is 12.9. The average molecular weight is 531 g/mol. The summed E-state index contributed by atoms with van der Waals surface area (Å²) in [6, 6.07) is 6.75. The molecule has 1 aliphatic rings. The van der Waals surface area contributed by atoms with E-state index in [2.05, 4.69) is 9.80 Å². The third-order valence-corrected chi connectivity index (χ3v) is 6.75. The Hall–Kier alpha value is -3.50. The summed E-state index contributed by atoms with van der Waals surface area (Å²) in [6.45, 7) is 4.66. The van der Waals surface area contributed by atoms with E-state index in [0.717, 1.165) is 26.2 Å². The zero-order valence-corrected chi connectivity index (χ0v) is 23.1. The molecule has 1 aliphatic heterocycles. The molecule has 1 fully saturated rings. The Balaban J connectivity index is 1.49. The SMILES string of the molecule is COc1cc(C(=O)CCN2CCN(CCC(=O)c3cc(OC)c(OC)c(OC)c3)CC2)cc(OC)c1OC. The molecular weight excluding hydrogens is 492 g/mol. The number of benzene rings is 2. The van der Waals surface area contributed by atoms with Crippen molar-refractivity contribution in [1.29, 1.82) is 0 Å². The van der Waals surface area contributed by atoms with E-state index < -0.39 is 0 Å². The second-order valence-corrected chi connectivity index (χ2v) is 8.86. The molecule has 0 spiro atoms. The Bertz CT molecular complexity index is 975. The van der Waals surface area contributed by atoms with Crippen LogP contribution in [0.5, 0.6) is 34.5 Å². The smallest absolute Gasteiger partial charge is 0.203 e. The van der Waals surface area contributed by atoms with Gasteiger partial charge in [0, 0.05) is 63.2 Å². The first-order chi connectivity index (χ1) is 18.4. The maximum atomic E-state index is 12.9. The molecule has 1 heterocycles. The van der Waals surface area contributed by atoms with Gasteiger partial charge in [0.05, 0.1) is 42.7 Å². The van der Waals surface area contributed by atoms with Crippen LogP contribution in [0.2, 0.25) is 0 Å². The number of Topliss-reactive ketones (excluding diaryl/α,β-unsaturated/α-hetero) is 2. The summed E-state index contributed by atoms with van der Waals surface area (Å²) >= 11 is 0. The third kappa shape index (κ3) is 6.87. The molecule has 2 aromatic rings. The third-order valence-electron chi connectivity index (χ3n) is 6.75. The Labute approximate surface area is 224 Å². The molecule has 0 atom stereocenters. The van der Waals surface area contributed by atoms with Crippen molar-refractivity contribution in [3.8, 4) is 34.5 Å². The predicted molar refractivity (Wildman–Crippen MR) is 143 cm³/mol. The Kier molecular flexibility index (Phi) is 10.6. The number of piperazine rings is 1. The normalized spacial score (nSPS) is 14.1. The van der Waals surface area contributed by atoms with Crippen molar-refractivity contribution < 1.29 is 38.0 Å². The summed E-state index contributed by atoms with van der Waals surface area (Å²) in [6.07, 6.45) is 0.774. The molecule has 0 bridgehead atoms. The summed E-state index contributed by atoms with van der Waals surface area (Å²) in [4.78, 5) is 30.3. The minimum absolute atomic E-state index is 0.0163. The van der Waals surface area contributed by atoms with Gasteiger partial charge in [0.25, 0.3) is 0 Å². The monoisotopic (exact) mass is 530 g/mol. The molecule has 10 nitrogen and oxygen atoms in total. The molecule has 0 radical (unpaired) electrons. The summed E-state index contributed by atoms with van der Waals surface area (Å²) in [7, 11) is 9.19. The number of nitrogens with zero attached hydrogens (tertiary/aromatic N) is 2. The predicted octanol–water partition coefficient (Wildman–Crippen LogP) is 3.20. The van der Waals surface area contributed by atoms with E-state index in [1.807, 2.05) is 0 Å². The van der Waals surface area contributed by atoms with Crippen LogP contribution in [-0.2, 0) is 0 Å². The highest BCUT2D eigenvalue weighted by Crippen LogP contribution is 2.39. The molecule has 38 heavy (non-hydrogen) atoms. The van der Waals surface area contributed by atoms with Crippen molar-refractivity contribution in [1.82, 2.24) is 9.80 Å². The minimum Gasteiger partial charge on any atom is -0.493 e. The number of carbonyl (C=O) groups is 2. The number of hydrogen-bond donors (Lipinski definition) is 0. The number of methoxy groups -OCH3 is 6. The lowest BCUT2D eigenvalue weighted by Crippen LogP contribution is -2.47. The molecule has 3 rings (SSSR count). The first-order valence-electron chi connectivity index (χ1n) is 12.5. The number of rotatable bonds is 14. The Morgan fingerprint density at radius 3 is 1.08 bits per heavy atom. The summed E-state index contributed by atoms with van der Waals surface area (Å²) in [5.41, 5.74) is 1.06. The van der Waals surface area contributed by atoms with Gasteiger partial charge in [-0.1, -0.05) is 0 Å². The van der Waals surface area contributed by atoms with Crippen LogP contribution in [0.3, 0.4) is 0 Å². The van der Waals surface area contributed by atoms with Crippen LogP contribution in [-0.4, -0.2) is 103 Å². The average Bonchev–Trinajstić information content (AvgIpc) is 2.97. The molecule has 208 valence electrons. The molecule has 2 aromatic carbocycles. The minimum atomic E-state index is 0.0163. The zero-order chi connectivity index (χ0) is 27.7. The molecule has 1 saturated heterocycles. The second-order valence-electron chi connectivity index (χ2n) is 8.86. The lowest BCUT2D eigenvalue weighted by Gasteiger charge is -2.34. The quantitative estimate of drug-likeness (QED) is 0.339. The van der Waals surface area contributed by atoms with Crippen molar-refractivity contribution in [3.63, 3.8) is 0 Å². The lowest BCUT2D eigenvalue weighted by molar-refractivity contribution is 0.0884.